The molecule has 2 rings (SSSR count). The van der Waals surface area contributed by atoms with Crippen molar-refractivity contribution in [2.45, 2.75) is 6.61 Å². The summed E-state index contributed by atoms with van der Waals surface area (Å²) in [6.45, 7) is 0.397. The Morgan fingerprint density at radius 1 is 1.06 bits per heavy atom. The normalized spacial score (nSPS) is 10.1. The lowest BCUT2D eigenvalue weighted by Crippen LogP contribution is -1.97. The Morgan fingerprint density at radius 3 is 2.56 bits per heavy atom. The number of nitrogens with zero attached hydrogens (tertiary/aromatic N) is 1. The highest BCUT2D eigenvalue weighted by Gasteiger charge is 2.00. The molecule has 4 heteroatoms. The molecule has 0 atom stereocenters. The smallest absolute Gasteiger partial charge is 0.213 e. The van der Waals surface area contributed by atoms with E-state index in [0.717, 1.165) is 5.56 Å². The van der Waals surface area contributed by atoms with Gasteiger partial charge in [0.25, 0.3) is 0 Å². The van der Waals surface area contributed by atoms with Crippen LogP contribution in [0.1, 0.15) is 5.56 Å². The van der Waals surface area contributed by atoms with Gasteiger partial charge in [0.15, 0.2) is 0 Å². The third kappa shape index (κ3) is 2.87. The maximum absolute atomic E-state index is 5.99. The van der Waals surface area contributed by atoms with Gasteiger partial charge in [0.2, 0.25) is 5.88 Å². The van der Waals surface area contributed by atoms with Gasteiger partial charge in [0, 0.05) is 22.8 Å². The van der Waals surface area contributed by atoms with Gasteiger partial charge in [-0.15, -0.1) is 0 Å². The second-order valence-electron chi connectivity index (χ2n) is 3.19. The Bertz CT molecular complexity index is 471. The van der Waals surface area contributed by atoms with Crippen LogP contribution in [0.2, 0.25) is 10.0 Å². The van der Waals surface area contributed by atoms with Gasteiger partial charge in [-0.05, 0) is 12.1 Å². The van der Waals surface area contributed by atoms with Crippen LogP contribution in [0, 0.1) is 0 Å². The Labute approximate surface area is 104 Å². The van der Waals surface area contributed by atoms with Crippen LogP contribution in [0.4, 0.5) is 0 Å². The van der Waals surface area contributed by atoms with Crippen molar-refractivity contribution in [1.82, 2.24) is 4.98 Å². The van der Waals surface area contributed by atoms with Crippen molar-refractivity contribution < 1.29 is 4.74 Å². The fourth-order valence-corrected chi connectivity index (χ4v) is 1.52. The topological polar surface area (TPSA) is 22.1 Å². The maximum atomic E-state index is 5.99. The number of hydrogen-bond acceptors (Lipinski definition) is 2. The third-order valence-electron chi connectivity index (χ3n) is 2.03. The highest BCUT2D eigenvalue weighted by Crippen LogP contribution is 2.18. The Morgan fingerprint density at radius 2 is 1.88 bits per heavy atom. The molecule has 0 spiro atoms. The first-order valence-electron chi connectivity index (χ1n) is 4.73. The van der Waals surface area contributed by atoms with E-state index < -0.39 is 0 Å². The number of pyridine rings is 1. The summed E-state index contributed by atoms with van der Waals surface area (Å²) in [5.41, 5.74) is 0.931. The van der Waals surface area contributed by atoms with E-state index in [2.05, 4.69) is 4.98 Å². The lowest BCUT2D eigenvalue weighted by Gasteiger charge is -2.06. The monoisotopic (exact) mass is 253 g/mol. The Balaban J connectivity index is 2.02. The summed E-state index contributed by atoms with van der Waals surface area (Å²) in [7, 11) is 0. The molecule has 0 radical (unpaired) electrons. The van der Waals surface area contributed by atoms with Crippen LogP contribution in [0.25, 0.3) is 0 Å². The molecule has 0 aliphatic heterocycles. The molecule has 2 aromatic rings. The lowest BCUT2D eigenvalue weighted by atomic mass is 10.2. The molecule has 0 bridgehead atoms. The summed E-state index contributed by atoms with van der Waals surface area (Å²) in [5.74, 6) is 0.532. The quantitative estimate of drug-likeness (QED) is 0.826. The van der Waals surface area contributed by atoms with E-state index in [1.165, 1.54) is 0 Å². The zero-order chi connectivity index (χ0) is 11.4. The summed E-state index contributed by atoms with van der Waals surface area (Å²) >= 11 is 11.7. The SMILES string of the molecule is Clc1ccc(OCc2ccccc2Cl)nc1. The number of ether oxygens (including phenoxy) is 1. The summed E-state index contributed by atoms with van der Waals surface area (Å²) in [5, 5.41) is 1.28. The molecule has 0 fully saturated rings. The largest absolute Gasteiger partial charge is 0.473 e. The van der Waals surface area contributed by atoms with E-state index in [1.54, 1.807) is 18.3 Å². The van der Waals surface area contributed by atoms with Crippen LogP contribution in [0.5, 0.6) is 5.88 Å². The highest BCUT2D eigenvalue weighted by atomic mass is 35.5. The minimum atomic E-state index is 0.397. The average molecular weight is 254 g/mol. The van der Waals surface area contributed by atoms with Gasteiger partial charge in [0.1, 0.15) is 6.61 Å². The summed E-state index contributed by atoms with van der Waals surface area (Å²) in [4.78, 5) is 4.03. The van der Waals surface area contributed by atoms with Crippen LogP contribution in [-0.2, 0) is 6.61 Å². The van der Waals surface area contributed by atoms with E-state index in [0.29, 0.717) is 22.5 Å². The molecule has 2 nitrogen and oxygen atoms in total. The number of hydrogen-bond donors (Lipinski definition) is 0. The summed E-state index contributed by atoms with van der Waals surface area (Å²) < 4.78 is 5.47. The maximum Gasteiger partial charge on any atom is 0.213 e. The van der Waals surface area contributed by atoms with Gasteiger partial charge in [-0.1, -0.05) is 41.4 Å². The number of halogens is 2. The Kier molecular flexibility index (Phi) is 3.65. The number of benzene rings is 1. The Hall–Kier alpha value is -1.25. The van der Waals surface area contributed by atoms with Gasteiger partial charge in [0.05, 0.1) is 5.02 Å². The molecular weight excluding hydrogens is 245 g/mol. The van der Waals surface area contributed by atoms with Crippen LogP contribution >= 0.6 is 23.2 Å². The van der Waals surface area contributed by atoms with Gasteiger partial charge < -0.3 is 4.74 Å². The number of rotatable bonds is 3. The standard InChI is InChI=1S/C12H9Cl2NO/c13-10-5-6-12(15-7-10)16-8-9-3-1-2-4-11(9)14/h1-7H,8H2. The first kappa shape index (κ1) is 11.2. The molecule has 0 N–H and O–H groups in total. The van der Waals surface area contributed by atoms with Crippen molar-refractivity contribution >= 4 is 23.2 Å². The van der Waals surface area contributed by atoms with Gasteiger partial charge in [-0.3, -0.25) is 0 Å². The van der Waals surface area contributed by atoms with Crippen LogP contribution < -0.4 is 4.74 Å². The highest BCUT2D eigenvalue weighted by molar-refractivity contribution is 6.31. The second-order valence-corrected chi connectivity index (χ2v) is 4.04. The molecule has 1 aromatic heterocycles. The van der Waals surface area contributed by atoms with Gasteiger partial charge in [-0.25, -0.2) is 4.98 Å². The summed E-state index contributed by atoms with van der Waals surface area (Å²) in [6.07, 6.45) is 1.55. The predicted molar refractivity (Wildman–Crippen MR) is 65.0 cm³/mol. The van der Waals surface area contributed by atoms with Crippen LogP contribution in [-0.4, -0.2) is 4.98 Å². The fraction of sp³-hybridized carbons (Fsp3) is 0.0833. The minimum Gasteiger partial charge on any atom is -0.473 e. The van der Waals surface area contributed by atoms with Crippen molar-refractivity contribution in [1.29, 1.82) is 0 Å². The van der Waals surface area contributed by atoms with Crippen LogP contribution in [0.15, 0.2) is 42.6 Å². The summed E-state index contributed by atoms with van der Waals surface area (Å²) in [6, 6.07) is 11.0. The predicted octanol–water partition coefficient (Wildman–Crippen LogP) is 3.97. The first-order chi connectivity index (χ1) is 7.75. The van der Waals surface area contributed by atoms with Crippen molar-refractivity contribution in [3.8, 4) is 5.88 Å². The van der Waals surface area contributed by atoms with E-state index in [4.69, 9.17) is 27.9 Å². The molecule has 0 saturated carbocycles. The molecule has 0 saturated heterocycles. The van der Waals surface area contributed by atoms with Crippen molar-refractivity contribution in [3.63, 3.8) is 0 Å². The molecule has 0 unspecified atom stereocenters. The lowest BCUT2D eigenvalue weighted by molar-refractivity contribution is 0.294. The molecule has 0 amide bonds. The number of aromatic nitrogens is 1. The zero-order valence-electron chi connectivity index (χ0n) is 8.36. The fourth-order valence-electron chi connectivity index (χ4n) is 1.21. The average Bonchev–Trinajstić information content (AvgIpc) is 2.30. The first-order valence-corrected chi connectivity index (χ1v) is 5.49. The van der Waals surface area contributed by atoms with Crippen molar-refractivity contribution in [2.75, 3.05) is 0 Å². The van der Waals surface area contributed by atoms with E-state index >= 15 is 0 Å². The van der Waals surface area contributed by atoms with Gasteiger partial charge >= 0.3 is 0 Å². The van der Waals surface area contributed by atoms with E-state index in [9.17, 15) is 0 Å². The molecular formula is C12H9Cl2NO. The second kappa shape index (κ2) is 5.19. The van der Waals surface area contributed by atoms with Crippen molar-refractivity contribution in [3.05, 3.63) is 58.2 Å². The molecule has 1 heterocycles. The van der Waals surface area contributed by atoms with Crippen LogP contribution in [0.3, 0.4) is 0 Å². The van der Waals surface area contributed by atoms with E-state index in [1.807, 2.05) is 24.3 Å². The molecule has 1 aromatic carbocycles. The van der Waals surface area contributed by atoms with Crippen molar-refractivity contribution in [2.24, 2.45) is 0 Å². The molecule has 0 aliphatic carbocycles. The zero-order valence-corrected chi connectivity index (χ0v) is 9.87. The molecule has 82 valence electrons. The van der Waals surface area contributed by atoms with E-state index in [-0.39, 0.29) is 0 Å². The third-order valence-corrected chi connectivity index (χ3v) is 2.63. The molecule has 16 heavy (non-hydrogen) atoms. The minimum absolute atomic E-state index is 0.397. The molecule has 0 aliphatic rings. The van der Waals surface area contributed by atoms with Gasteiger partial charge in [-0.2, -0.15) is 0 Å².